The molecule has 3 aliphatic rings. The average Bonchev–Trinajstić information content (AvgIpc) is 3.15. The van der Waals surface area contributed by atoms with Gasteiger partial charge in [-0.3, -0.25) is 9.89 Å². The molecule has 2 aromatic rings. The number of rotatable bonds is 4. The van der Waals surface area contributed by atoms with Crippen LogP contribution in [0.5, 0.6) is 0 Å². The van der Waals surface area contributed by atoms with Gasteiger partial charge < -0.3 is 20.4 Å². The summed E-state index contributed by atoms with van der Waals surface area (Å²) in [5.74, 6) is -1.83. The van der Waals surface area contributed by atoms with Crippen molar-refractivity contribution in [3.05, 3.63) is 42.1 Å². The van der Waals surface area contributed by atoms with E-state index in [0.29, 0.717) is 29.7 Å². The topological polar surface area (TPSA) is 136 Å². The normalized spacial score (nSPS) is 23.2. The van der Waals surface area contributed by atoms with Crippen molar-refractivity contribution in [3.63, 3.8) is 0 Å². The number of fused-ring (bicyclic) bond motifs is 4. The van der Waals surface area contributed by atoms with Gasteiger partial charge in [0.1, 0.15) is 0 Å². The summed E-state index contributed by atoms with van der Waals surface area (Å²) in [6, 6.07) is 5.99. The molecule has 5 rings (SSSR count). The van der Waals surface area contributed by atoms with E-state index in [4.69, 9.17) is 10.2 Å². The molecule has 1 atom stereocenters. The number of piperidine rings is 3. The van der Waals surface area contributed by atoms with E-state index in [1.165, 1.54) is 25.9 Å². The van der Waals surface area contributed by atoms with Crippen LogP contribution in [-0.4, -0.2) is 68.8 Å². The van der Waals surface area contributed by atoms with E-state index in [-0.39, 0.29) is 5.91 Å². The number of amides is 1. The minimum atomic E-state index is -1.26. The standard InChI is InChI=1S/C15H18N4O.C4H4O4/c20-15(11-1-2-12-8-16-18-13(12)7-11)17-14-9-19-5-3-10(14)4-6-19;5-3(6)1-2-4(7)8/h1-2,7-8,10,14H,3-6,9H2,(H,16,18)(H,17,20);1-2H,(H,5,6)(H,7,8)/b;2-1+/t14-;/m0./s1. The quantitative estimate of drug-likeness (QED) is 0.578. The van der Waals surface area contributed by atoms with Gasteiger partial charge in [0.2, 0.25) is 0 Å². The molecule has 1 amide bonds. The van der Waals surface area contributed by atoms with Gasteiger partial charge in [-0.2, -0.15) is 5.10 Å². The van der Waals surface area contributed by atoms with Crippen LogP contribution in [0.25, 0.3) is 10.9 Å². The number of hydrogen-bond acceptors (Lipinski definition) is 5. The molecule has 3 saturated heterocycles. The molecule has 9 nitrogen and oxygen atoms in total. The van der Waals surface area contributed by atoms with Crippen molar-refractivity contribution in [1.29, 1.82) is 0 Å². The first-order chi connectivity index (χ1) is 13.4. The Kier molecular flexibility index (Phi) is 6.05. The summed E-state index contributed by atoms with van der Waals surface area (Å²) in [7, 11) is 0. The molecule has 148 valence electrons. The zero-order chi connectivity index (χ0) is 20.1. The highest BCUT2D eigenvalue weighted by Crippen LogP contribution is 2.27. The molecule has 3 aliphatic heterocycles. The van der Waals surface area contributed by atoms with E-state index >= 15 is 0 Å². The van der Waals surface area contributed by atoms with Gasteiger partial charge in [0.25, 0.3) is 5.91 Å². The molecule has 4 heterocycles. The Morgan fingerprint density at radius 3 is 2.39 bits per heavy atom. The first-order valence-electron chi connectivity index (χ1n) is 9.02. The van der Waals surface area contributed by atoms with Gasteiger partial charge in [-0.1, -0.05) is 6.07 Å². The highest BCUT2D eigenvalue weighted by Gasteiger charge is 2.34. The van der Waals surface area contributed by atoms with Crippen LogP contribution in [-0.2, 0) is 9.59 Å². The second kappa shape index (κ2) is 8.66. The van der Waals surface area contributed by atoms with Crippen molar-refractivity contribution in [2.45, 2.75) is 18.9 Å². The fourth-order valence-electron chi connectivity index (χ4n) is 3.60. The summed E-state index contributed by atoms with van der Waals surface area (Å²) >= 11 is 0. The number of benzene rings is 1. The number of carboxylic acid groups (broad SMARTS) is 2. The number of aromatic nitrogens is 2. The van der Waals surface area contributed by atoms with Crippen molar-refractivity contribution in [1.82, 2.24) is 20.4 Å². The molecule has 3 fully saturated rings. The highest BCUT2D eigenvalue weighted by molar-refractivity contribution is 5.97. The lowest BCUT2D eigenvalue weighted by atomic mass is 9.84. The summed E-state index contributed by atoms with van der Waals surface area (Å²) in [5.41, 5.74) is 1.62. The first-order valence-corrected chi connectivity index (χ1v) is 9.02. The molecular weight excluding hydrogens is 364 g/mol. The first kappa shape index (κ1) is 19.6. The minimum Gasteiger partial charge on any atom is -0.478 e. The van der Waals surface area contributed by atoms with Gasteiger partial charge in [0.05, 0.1) is 11.7 Å². The predicted octanol–water partition coefficient (Wildman–Crippen LogP) is 1.10. The summed E-state index contributed by atoms with van der Waals surface area (Å²) in [4.78, 5) is 33.9. The number of aromatic amines is 1. The van der Waals surface area contributed by atoms with E-state index in [9.17, 15) is 14.4 Å². The largest absolute Gasteiger partial charge is 0.478 e. The van der Waals surface area contributed by atoms with Crippen LogP contribution in [0.3, 0.4) is 0 Å². The lowest BCUT2D eigenvalue weighted by Gasteiger charge is -2.44. The third-order valence-electron chi connectivity index (χ3n) is 5.05. The fraction of sp³-hybridized carbons (Fsp3) is 0.368. The van der Waals surface area contributed by atoms with Crippen LogP contribution < -0.4 is 5.32 Å². The lowest BCUT2D eigenvalue weighted by molar-refractivity contribution is -0.134. The van der Waals surface area contributed by atoms with E-state index in [1.54, 1.807) is 6.20 Å². The molecule has 0 spiro atoms. The van der Waals surface area contributed by atoms with Crippen molar-refractivity contribution < 1.29 is 24.6 Å². The zero-order valence-electron chi connectivity index (χ0n) is 15.2. The van der Waals surface area contributed by atoms with Crippen LogP contribution in [0.2, 0.25) is 0 Å². The molecule has 0 unspecified atom stereocenters. The second-order valence-corrected chi connectivity index (χ2v) is 6.90. The second-order valence-electron chi connectivity index (χ2n) is 6.90. The number of hydrogen-bond donors (Lipinski definition) is 4. The third kappa shape index (κ3) is 4.95. The van der Waals surface area contributed by atoms with Crippen LogP contribution >= 0.6 is 0 Å². The Bertz CT molecular complexity index is 883. The Morgan fingerprint density at radius 1 is 1.14 bits per heavy atom. The summed E-state index contributed by atoms with van der Waals surface area (Å²) < 4.78 is 0. The maximum absolute atomic E-state index is 12.4. The Morgan fingerprint density at radius 2 is 1.82 bits per heavy atom. The van der Waals surface area contributed by atoms with Crippen LogP contribution in [0, 0.1) is 5.92 Å². The number of carbonyl (C=O) groups is 3. The molecule has 0 aliphatic carbocycles. The van der Waals surface area contributed by atoms with E-state index in [1.807, 2.05) is 18.2 Å². The third-order valence-corrected chi connectivity index (χ3v) is 5.05. The maximum Gasteiger partial charge on any atom is 0.328 e. The molecule has 4 N–H and O–H groups in total. The van der Waals surface area contributed by atoms with Crippen LogP contribution in [0.4, 0.5) is 0 Å². The van der Waals surface area contributed by atoms with Crippen molar-refractivity contribution >= 4 is 28.7 Å². The smallest absolute Gasteiger partial charge is 0.328 e. The van der Waals surface area contributed by atoms with Crippen molar-refractivity contribution in [2.75, 3.05) is 19.6 Å². The van der Waals surface area contributed by atoms with Gasteiger partial charge in [-0.25, -0.2) is 9.59 Å². The van der Waals surface area contributed by atoms with Crippen LogP contribution in [0.1, 0.15) is 23.2 Å². The van der Waals surface area contributed by atoms with Gasteiger partial charge in [-0.05, 0) is 44.0 Å². The fourth-order valence-corrected chi connectivity index (χ4v) is 3.60. The molecule has 2 bridgehead atoms. The zero-order valence-corrected chi connectivity index (χ0v) is 15.2. The Labute approximate surface area is 161 Å². The molecule has 1 aromatic carbocycles. The highest BCUT2D eigenvalue weighted by atomic mass is 16.4. The number of nitrogens with one attached hydrogen (secondary N) is 2. The average molecular weight is 386 g/mol. The number of carbonyl (C=O) groups excluding carboxylic acids is 1. The van der Waals surface area contributed by atoms with E-state index in [2.05, 4.69) is 20.4 Å². The Hall–Kier alpha value is -3.20. The van der Waals surface area contributed by atoms with Gasteiger partial charge in [0, 0.05) is 35.7 Å². The summed E-state index contributed by atoms with van der Waals surface area (Å²) in [6.45, 7) is 3.39. The van der Waals surface area contributed by atoms with Crippen molar-refractivity contribution in [3.8, 4) is 0 Å². The Balaban J connectivity index is 0.000000242. The number of aliphatic carboxylic acids is 2. The SMILES string of the molecule is O=C(N[C@H]1CN2CCC1CC2)c1ccc2cn[nH]c2c1.O=C(O)/C=C/C(=O)O. The number of nitrogens with zero attached hydrogens (tertiary/aromatic N) is 2. The monoisotopic (exact) mass is 386 g/mol. The van der Waals surface area contributed by atoms with Gasteiger partial charge in [-0.15, -0.1) is 0 Å². The molecular formula is C19H22N4O5. The van der Waals surface area contributed by atoms with E-state index in [0.717, 1.165) is 17.4 Å². The minimum absolute atomic E-state index is 0.0280. The van der Waals surface area contributed by atoms with Gasteiger partial charge in [0.15, 0.2) is 0 Å². The molecule has 0 saturated carbocycles. The van der Waals surface area contributed by atoms with E-state index < -0.39 is 11.9 Å². The summed E-state index contributed by atoms with van der Waals surface area (Å²) in [5, 5.41) is 26.8. The van der Waals surface area contributed by atoms with Crippen molar-refractivity contribution in [2.24, 2.45) is 5.92 Å². The number of carboxylic acids is 2. The van der Waals surface area contributed by atoms with Gasteiger partial charge >= 0.3 is 11.9 Å². The molecule has 28 heavy (non-hydrogen) atoms. The molecule has 0 radical (unpaired) electrons. The molecule has 1 aromatic heterocycles. The van der Waals surface area contributed by atoms with Crippen LogP contribution in [0.15, 0.2) is 36.5 Å². The predicted molar refractivity (Wildman–Crippen MR) is 101 cm³/mol. The maximum atomic E-state index is 12.4. The lowest BCUT2D eigenvalue weighted by Crippen LogP contribution is -2.57. The number of H-pyrrole nitrogens is 1. The molecule has 9 heteroatoms. The summed E-state index contributed by atoms with van der Waals surface area (Å²) in [6.07, 6.45) is 5.31.